The van der Waals surface area contributed by atoms with E-state index in [0.717, 1.165) is 6.42 Å². The van der Waals surface area contributed by atoms with E-state index < -0.39 is 0 Å². The average Bonchev–Trinajstić information content (AvgIpc) is 2.64. The minimum Gasteiger partial charge on any atom is -0.358 e. The van der Waals surface area contributed by atoms with Gasteiger partial charge in [-0.2, -0.15) is 0 Å². The standard InChI is InChI=1S/C16H17N/c1-11(2)16-10-14-9-13-6-4-3-5-12(13)7-8-15(14)17-16/h3-8,10-11,17H,9H2,1-2H3. The molecule has 0 saturated heterocycles. The van der Waals surface area contributed by atoms with Crippen LogP contribution in [-0.2, 0) is 6.42 Å². The van der Waals surface area contributed by atoms with Gasteiger partial charge in [-0.1, -0.05) is 44.2 Å². The van der Waals surface area contributed by atoms with Crippen LogP contribution in [0.4, 0.5) is 0 Å². The van der Waals surface area contributed by atoms with Crippen LogP contribution in [-0.4, -0.2) is 4.98 Å². The van der Waals surface area contributed by atoms with Crippen molar-refractivity contribution in [3.63, 3.8) is 0 Å². The van der Waals surface area contributed by atoms with Crippen LogP contribution in [0, 0.1) is 0 Å². The third-order valence-electron chi connectivity index (χ3n) is 3.44. The summed E-state index contributed by atoms with van der Waals surface area (Å²) in [4.78, 5) is 3.52. The van der Waals surface area contributed by atoms with E-state index >= 15 is 0 Å². The van der Waals surface area contributed by atoms with Crippen molar-refractivity contribution >= 4 is 12.2 Å². The van der Waals surface area contributed by atoms with Crippen LogP contribution in [0.5, 0.6) is 0 Å². The molecule has 0 atom stereocenters. The van der Waals surface area contributed by atoms with Gasteiger partial charge in [0.15, 0.2) is 0 Å². The lowest BCUT2D eigenvalue weighted by Gasteiger charge is -2.02. The number of benzene rings is 1. The molecule has 2 aromatic rings. The van der Waals surface area contributed by atoms with Crippen LogP contribution in [0.2, 0.25) is 0 Å². The van der Waals surface area contributed by atoms with Crippen LogP contribution < -0.4 is 0 Å². The Hall–Kier alpha value is -1.76. The molecular weight excluding hydrogens is 206 g/mol. The summed E-state index contributed by atoms with van der Waals surface area (Å²) in [6, 6.07) is 10.9. The van der Waals surface area contributed by atoms with Gasteiger partial charge in [-0.3, -0.25) is 0 Å². The topological polar surface area (TPSA) is 15.8 Å². The monoisotopic (exact) mass is 223 g/mol. The smallest absolute Gasteiger partial charge is 0.0418 e. The van der Waals surface area contributed by atoms with Crippen molar-refractivity contribution in [3.8, 4) is 0 Å². The van der Waals surface area contributed by atoms with E-state index in [4.69, 9.17) is 0 Å². The summed E-state index contributed by atoms with van der Waals surface area (Å²) in [5, 5.41) is 0. The molecule has 1 heteroatoms. The van der Waals surface area contributed by atoms with Gasteiger partial charge in [0.05, 0.1) is 0 Å². The molecule has 1 aromatic carbocycles. The average molecular weight is 223 g/mol. The first-order valence-corrected chi connectivity index (χ1v) is 6.22. The van der Waals surface area contributed by atoms with Crippen LogP contribution >= 0.6 is 0 Å². The molecule has 0 spiro atoms. The van der Waals surface area contributed by atoms with E-state index in [1.54, 1.807) is 0 Å². The highest BCUT2D eigenvalue weighted by molar-refractivity contribution is 5.74. The molecule has 0 saturated carbocycles. The molecular formula is C16H17N. The quantitative estimate of drug-likeness (QED) is 0.636. The number of H-pyrrole nitrogens is 1. The maximum absolute atomic E-state index is 3.52. The summed E-state index contributed by atoms with van der Waals surface area (Å²) >= 11 is 0. The maximum atomic E-state index is 3.52. The Balaban J connectivity index is 2.08. The minimum absolute atomic E-state index is 0.561. The summed E-state index contributed by atoms with van der Waals surface area (Å²) in [6.45, 7) is 4.45. The molecule has 1 heterocycles. The van der Waals surface area contributed by atoms with Crippen molar-refractivity contribution in [1.82, 2.24) is 4.98 Å². The van der Waals surface area contributed by atoms with E-state index in [0.29, 0.717) is 5.92 Å². The third-order valence-corrected chi connectivity index (χ3v) is 3.44. The number of hydrogen-bond donors (Lipinski definition) is 1. The fourth-order valence-electron chi connectivity index (χ4n) is 2.38. The van der Waals surface area contributed by atoms with Gasteiger partial charge in [0.2, 0.25) is 0 Å². The second-order valence-electron chi connectivity index (χ2n) is 5.03. The van der Waals surface area contributed by atoms with Gasteiger partial charge in [0.25, 0.3) is 0 Å². The van der Waals surface area contributed by atoms with Crippen molar-refractivity contribution in [2.45, 2.75) is 26.2 Å². The van der Waals surface area contributed by atoms with Gasteiger partial charge in [-0.05, 0) is 34.8 Å². The number of aromatic amines is 1. The summed E-state index contributed by atoms with van der Waals surface area (Å²) in [5.41, 5.74) is 6.76. The lowest BCUT2D eigenvalue weighted by Crippen LogP contribution is -1.89. The van der Waals surface area contributed by atoms with E-state index in [2.05, 4.69) is 61.3 Å². The predicted molar refractivity (Wildman–Crippen MR) is 73.1 cm³/mol. The van der Waals surface area contributed by atoms with Gasteiger partial charge in [-0.25, -0.2) is 0 Å². The Kier molecular flexibility index (Phi) is 2.40. The molecule has 1 aliphatic rings. The Morgan fingerprint density at radius 2 is 1.88 bits per heavy atom. The Bertz CT molecular complexity index is 573. The van der Waals surface area contributed by atoms with Crippen molar-refractivity contribution in [3.05, 3.63) is 58.4 Å². The molecule has 0 unspecified atom stereocenters. The fraction of sp³-hybridized carbons (Fsp3) is 0.250. The molecule has 0 bridgehead atoms. The highest BCUT2D eigenvalue weighted by Crippen LogP contribution is 2.27. The zero-order valence-electron chi connectivity index (χ0n) is 10.3. The lowest BCUT2D eigenvalue weighted by molar-refractivity contribution is 0.832. The summed E-state index contributed by atoms with van der Waals surface area (Å²) in [5.74, 6) is 0.561. The Morgan fingerprint density at radius 3 is 2.71 bits per heavy atom. The van der Waals surface area contributed by atoms with Gasteiger partial charge in [0.1, 0.15) is 0 Å². The zero-order valence-corrected chi connectivity index (χ0v) is 10.3. The molecule has 0 amide bonds. The molecule has 1 nitrogen and oxygen atoms in total. The van der Waals surface area contributed by atoms with Crippen molar-refractivity contribution < 1.29 is 0 Å². The highest BCUT2D eigenvalue weighted by atomic mass is 14.7. The normalized spacial score (nSPS) is 13.4. The molecule has 86 valence electrons. The van der Waals surface area contributed by atoms with Crippen LogP contribution in [0.1, 0.15) is 47.8 Å². The first-order chi connectivity index (χ1) is 8.24. The van der Waals surface area contributed by atoms with Crippen LogP contribution in [0.3, 0.4) is 0 Å². The molecule has 0 fully saturated rings. The second kappa shape index (κ2) is 3.92. The molecule has 0 aliphatic heterocycles. The first-order valence-electron chi connectivity index (χ1n) is 6.22. The number of aromatic nitrogens is 1. The largest absolute Gasteiger partial charge is 0.358 e. The van der Waals surface area contributed by atoms with E-state index in [1.807, 2.05) is 0 Å². The Morgan fingerprint density at radius 1 is 1.06 bits per heavy atom. The molecule has 3 rings (SSSR count). The number of rotatable bonds is 1. The summed E-state index contributed by atoms with van der Waals surface area (Å²) < 4.78 is 0. The number of nitrogens with one attached hydrogen (secondary N) is 1. The second-order valence-corrected chi connectivity index (χ2v) is 5.03. The maximum Gasteiger partial charge on any atom is 0.0418 e. The Labute approximate surface area is 102 Å². The SMILES string of the molecule is CC(C)c1cc2c([nH]1)C=Cc1ccccc1C2. The molecule has 1 aromatic heterocycles. The zero-order chi connectivity index (χ0) is 11.8. The van der Waals surface area contributed by atoms with Crippen molar-refractivity contribution in [1.29, 1.82) is 0 Å². The van der Waals surface area contributed by atoms with Gasteiger partial charge < -0.3 is 4.98 Å². The van der Waals surface area contributed by atoms with Crippen LogP contribution in [0.15, 0.2) is 30.3 Å². The molecule has 0 radical (unpaired) electrons. The third kappa shape index (κ3) is 1.82. The fourth-order valence-corrected chi connectivity index (χ4v) is 2.38. The van der Waals surface area contributed by atoms with Gasteiger partial charge >= 0.3 is 0 Å². The van der Waals surface area contributed by atoms with Crippen molar-refractivity contribution in [2.75, 3.05) is 0 Å². The minimum atomic E-state index is 0.561. The van der Waals surface area contributed by atoms with E-state index in [9.17, 15) is 0 Å². The highest BCUT2D eigenvalue weighted by Gasteiger charge is 2.12. The number of fused-ring (bicyclic) bond motifs is 2. The van der Waals surface area contributed by atoms with Gasteiger partial charge in [0, 0.05) is 17.8 Å². The van der Waals surface area contributed by atoms with E-state index in [1.165, 1.54) is 28.1 Å². The number of hydrogen-bond acceptors (Lipinski definition) is 0. The molecule has 1 aliphatic carbocycles. The van der Waals surface area contributed by atoms with Crippen molar-refractivity contribution in [2.24, 2.45) is 0 Å². The van der Waals surface area contributed by atoms with Crippen LogP contribution in [0.25, 0.3) is 12.2 Å². The van der Waals surface area contributed by atoms with Gasteiger partial charge in [-0.15, -0.1) is 0 Å². The summed E-state index contributed by atoms with van der Waals surface area (Å²) in [6.07, 6.45) is 5.44. The van der Waals surface area contributed by atoms with E-state index in [-0.39, 0.29) is 0 Å². The molecule has 17 heavy (non-hydrogen) atoms. The molecule has 1 N–H and O–H groups in total. The first kappa shape index (κ1) is 10.4. The summed E-state index contributed by atoms with van der Waals surface area (Å²) in [7, 11) is 0. The lowest BCUT2D eigenvalue weighted by atomic mass is 10.0. The predicted octanol–water partition coefficient (Wildman–Crippen LogP) is 4.21.